The number of fused-ring (bicyclic) bond motifs is 3. The first kappa shape index (κ1) is 37.2. The van der Waals surface area contributed by atoms with Gasteiger partial charge in [0.25, 0.3) is 5.91 Å². The Kier molecular flexibility index (Phi) is 9.65. The number of amides is 2. The van der Waals surface area contributed by atoms with Crippen LogP contribution >= 0.6 is 0 Å². The molecule has 6 heterocycles. The molecule has 2 amide bonds. The van der Waals surface area contributed by atoms with E-state index in [0.717, 1.165) is 92.9 Å². The van der Waals surface area contributed by atoms with E-state index in [9.17, 15) is 9.59 Å². The van der Waals surface area contributed by atoms with Gasteiger partial charge in [-0.25, -0.2) is 14.4 Å². The average molecular weight is 763 g/mol. The molecule has 3 saturated heterocycles. The zero-order valence-electron chi connectivity index (χ0n) is 33.4. The summed E-state index contributed by atoms with van der Waals surface area (Å²) in [7, 11) is 0. The van der Waals surface area contributed by atoms with Gasteiger partial charge >= 0.3 is 0 Å². The number of anilines is 3. The summed E-state index contributed by atoms with van der Waals surface area (Å²) in [5.41, 5.74) is 5.73. The highest BCUT2D eigenvalue weighted by molar-refractivity contribution is 6.09. The summed E-state index contributed by atoms with van der Waals surface area (Å²) >= 11 is 0. The summed E-state index contributed by atoms with van der Waals surface area (Å²) in [6.45, 7) is 15.3. The molecule has 0 bridgehead atoms. The molecule has 1 saturated carbocycles. The predicted molar refractivity (Wildman–Crippen MR) is 217 cm³/mol. The van der Waals surface area contributed by atoms with Gasteiger partial charge in [-0.15, -0.1) is 0 Å². The van der Waals surface area contributed by atoms with Crippen molar-refractivity contribution in [3.05, 3.63) is 65.2 Å². The van der Waals surface area contributed by atoms with Crippen molar-refractivity contribution in [3.63, 3.8) is 0 Å². The van der Waals surface area contributed by atoms with Crippen LogP contribution in [0.4, 0.5) is 21.6 Å². The third-order valence-electron chi connectivity index (χ3n) is 13.2. The Balaban J connectivity index is 1.10. The van der Waals surface area contributed by atoms with Crippen molar-refractivity contribution in [1.29, 1.82) is 0 Å². The van der Waals surface area contributed by atoms with Gasteiger partial charge in [-0.3, -0.25) is 14.5 Å². The second kappa shape index (κ2) is 14.5. The number of carbonyl (C=O) groups is 2. The summed E-state index contributed by atoms with van der Waals surface area (Å²) in [4.78, 5) is 45.3. The monoisotopic (exact) mass is 762 g/mol. The summed E-state index contributed by atoms with van der Waals surface area (Å²) in [5.74, 6) is -0.0333. The van der Waals surface area contributed by atoms with Crippen molar-refractivity contribution < 1.29 is 18.7 Å². The van der Waals surface area contributed by atoms with Crippen LogP contribution in [0.5, 0.6) is 0 Å². The van der Waals surface area contributed by atoms with Gasteiger partial charge in [0.2, 0.25) is 5.91 Å². The largest absolute Gasteiger partial charge is 0.378 e. The number of aromatic nitrogens is 3. The smallest absolute Gasteiger partial charge is 0.251 e. The summed E-state index contributed by atoms with van der Waals surface area (Å²) in [6, 6.07) is 12.5. The molecular weight excluding hydrogens is 708 g/mol. The van der Waals surface area contributed by atoms with Crippen molar-refractivity contribution in [2.24, 2.45) is 0 Å². The molecule has 12 heteroatoms. The van der Waals surface area contributed by atoms with Crippen LogP contribution in [0.3, 0.4) is 0 Å². The fourth-order valence-corrected chi connectivity index (χ4v) is 9.82. The lowest BCUT2D eigenvalue weighted by molar-refractivity contribution is -0.128. The highest BCUT2D eigenvalue weighted by Gasteiger charge is 2.56. The number of imidazole rings is 1. The first-order chi connectivity index (χ1) is 27.0. The van der Waals surface area contributed by atoms with E-state index >= 15 is 4.39 Å². The van der Waals surface area contributed by atoms with Gasteiger partial charge in [0.1, 0.15) is 11.3 Å². The van der Waals surface area contributed by atoms with Crippen LogP contribution in [0.2, 0.25) is 0 Å². The predicted octanol–water partition coefficient (Wildman–Crippen LogP) is 7.10. The van der Waals surface area contributed by atoms with E-state index in [1.165, 1.54) is 25.3 Å². The van der Waals surface area contributed by atoms with Crippen LogP contribution in [-0.4, -0.2) is 99.7 Å². The lowest BCUT2D eigenvalue weighted by Crippen LogP contribution is -2.59. The maximum absolute atomic E-state index is 15.7. The molecule has 56 heavy (non-hydrogen) atoms. The van der Waals surface area contributed by atoms with Gasteiger partial charge in [-0.05, 0) is 135 Å². The summed E-state index contributed by atoms with van der Waals surface area (Å²) in [5, 5.41) is 6.21. The molecule has 2 N–H and O–H groups in total. The standard InChI is InChI=1S/C44H55FN8O3/c1-26(2)47-42(54)33-21-37(35(45)17-28(33)5)49-41-40-38(46-25-52(40)27(3)4)22-36(48-41)29-9-10-34-39(18-29)53(31-19-30(20-31)50-13-7-6-8-14-50)43(55)44(34)11-15-51(16-12-44)32-23-56-24-32/h9-10,17-18,21-22,25-27,30-32H,6-8,11-16,19-20,23-24H2,1-5H3,(H,47,54)(H,48,49)/t30-,31+. The van der Waals surface area contributed by atoms with Gasteiger partial charge in [-0.1, -0.05) is 18.6 Å². The summed E-state index contributed by atoms with van der Waals surface area (Å²) in [6.07, 6.45) is 9.24. The van der Waals surface area contributed by atoms with E-state index in [0.29, 0.717) is 34.7 Å². The molecule has 4 aromatic rings. The lowest BCUT2D eigenvalue weighted by Gasteiger charge is -2.48. The second-order valence-corrected chi connectivity index (χ2v) is 17.5. The maximum atomic E-state index is 15.7. The van der Waals surface area contributed by atoms with E-state index in [-0.39, 0.29) is 35.6 Å². The number of rotatable bonds is 9. The Morgan fingerprint density at radius 2 is 1.66 bits per heavy atom. The minimum atomic E-state index is -0.534. The molecule has 4 fully saturated rings. The van der Waals surface area contributed by atoms with Gasteiger partial charge in [-0.2, -0.15) is 0 Å². The van der Waals surface area contributed by atoms with E-state index < -0.39 is 11.2 Å². The van der Waals surface area contributed by atoms with Gasteiger partial charge in [0.15, 0.2) is 5.82 Å². The van der Waals surface area contributed by atoms with Crippen molar-refractivity contribution >= 4 is 40.0 Å². The molecule has 0 radical (unpaired) electrons. The van der Waals surface area contributed by atoms with Crippen LogP contribution in [0, 0.1) is 12.7 Å². The molecule has 5 aliphatic rings. The molecule has 2 aromatic heterocycles. The SMILES string of the molecule is Cc1cc(F)c(Nc2nc(-c3ccc4c(c3)N([C@H]3C[C@@H](N5CCCCC5)C3)C(=O)C43CCN(C4COC4)CC3)cc3ncn(C(C)C)c23)cc1C(=O)NC(C)C. The van der Waals surface area contributed by atoms with Gasteiger partial charge in [0, 0.05) is 41.0 Å². The van der Waals surface area contributed by atoms with Gasteiger partial charge in [0.05, 0.1) is 47.9 Å². The number of halogens is 1. The Morgan fingerprint density at radius 1 is 0.929 bits per heavy atom. The number of ether oxygens (including phenoxy) is 1. The Bertz CT molecular complexity index is 2160. The van der Waals surface area contributed by atoms with Crippen molar-refractivity contribution in [2.75, 3.05) is 49.6 Å². The molecule has 11 nitrogen and oxygen atoms in total. The topological polar surface area (TPSA) is 108 Å². The number of pyridine rings is 1. The number of hydrogen-bond acceptors (Lipinski definition) is 8. The van der Waals surface area contributed by atoms with Crippen LogP contribution in [0.15, 0.2) is 42.7 Å². The van der Waals surface area contributed by atoms with Crippen LogP contribution in [-0.2, 0) is 14.9 Å². The summed E-state index contributed by atoms with van der Waals surface area (Å²) < 4.78 is 23.3. The Hall–Kier alpha value is -4.39. The van der Waals surface area contributed by atoms with E-state index in [4.69, 9.17) is 14.7 Å². The number of piperidine rings is 2. The second-order valence-electron chi connectivity index (χ2n) is 17.5. The molecular formula is C44H55FN8O3. The fraction of sp³-hybridized carbons (Fsp3) is 0.545. The molecule has 0 unspecified atom stereocenters. The van der Waals surface area contributed by atoms with Crippen LogP contribution < -0.4 is 15.5 Å². The fourth-order valence-electron chi connectivity index (χ4n) is 9.82. The first-order valence-corrected chi connectivity index (χ1v) is 20.8. The van der Waals surface area contributed by atoms with Crippen LogP contribution in [0.25, 0.3) is 22.3 Å². The first-order valence-electron chi connectivity index (χ1n) is 20.8. The third-order valence-corrected chi connectivity index (χ3v) is 13.2. The van der Waals surface area contributed by atoms with E-state index in [2.05, 4.69) is 57.4 Å². The molecule has 0 atom stereocenters. The van der Waals surface area contributed by atoms with Crippen LogP contribution in [0.1, 0.15) is 100 Å². The molecule has 296 valence electrons. The van der Waals surface area contributed by atoms with E-state index in [1.54, 1.807) is 19.3 Å². The maximum Gasteiger partial charge on any atom is 0.251 e. The zero-order chi connectivity index (χ0) is 38.9. The van der Waals surface area contributed by atoms with Gasteiger partial charge < -0.3 is 29.7 Å². The lowest BCUT2D eigenvalue weighted by atomic mass is 9.73. The van der Waals surface area contributed by atoms with E-state index in [1.807, 2.05) is 24.5 Å². The number of nitrogens with one attached hydrogen (secondary N) is 2. The number of aryl methyl sites for hydroxylation is 1. The molecule has 2 aromatic carbocycles. The third kappa shape index (κ3) is 6.37. The van der Waals surface area contributed by atoms with Crippen molar-refractivity contribution in [3.8, 4) is 11.3 Å². The minimum absolute atomic E-state index is 0.0641. The molecule has 1 spiro atoms. The Morgan fingerprint density at radius 3 is 2.34 bits per heavy atom. The van der Waals surface area contributed by atoms with Crippen molar-refractivity contribution in [2.45, 2.75) is 115 Å². The average Bonchev–Trinajstić information content (AvgIpc) is 3.67. The Labute approximate surface area is 329 Å². The highest BCUT2D eigenvalue weighted by Crippen LogP contribution is 2.52. The minimum Gasteiger partial charge on any atom is -0.378 e. The van der Waals surface area contributed by atoms with Crippen molar-refractivity contribution in [1.82, 2.24) is 29.7 Å². The number of nitrogens with zero attached hydrogens (tertiary/aromatic N) is 6. The molecule has 9 rings (SSSR count). The zero-order valence-corrected chi connectivity index (χ0v) is 33.4. The number of likely N-dealkylation sites (tertiary alicyclic amines) is 2. The number of carbonyl (C=O) groups excluding carboxylic acids is 2. The molecule has 1 aliphatic carbocycles. The quantitative estimate of drug-likeness (QED) is 0.186. The molecule has 4 aliphatic heterocycles. The normalized spacial score (nSPS) is 22.9. The number of benzene rings is 2. The number of hydrogen-bond donors (Lipinski definition) is 2. The highest BCUT2D eigenvalue weighted by atomic mass is 19.1.